The van der Waals surface area contributed by atoms with Crippen molar-refractivity contribution in [2.75, 3.05) is 20.3 Å². The minimum atomic E-state index is -0.381. The SMILES string of the molecule is COCCCNC(=O)/C(C#N)=C/c1cc(I)c(OCc2ccccc2)c(I)c1. The summed E-state index contributed by atoms with van der Waals surface area (Å²) in [7, 11) is 1.61. The molecular weight excluding hydrogens is 582 g/mol. The molecule has 0 bridgehead atoms. The third-order valence-electron chi connectivity index (χ3n) is 3.73. The third kappa shape index (κ3) is 7.07. The van der Waals surface area contributed by atoms with E-state index in [2.05, 4.69) is 50.5 Å². The molecule has 146 valence electrons. The molecule has 0 saturated carbocycles. The molecule has 0 atom stereocenters. The van der Waals surface area contributed by atoms with Crippen molar-refractivity contribution in [1.29, 1.82) is 5.26 Å². The van der Waals surface area contributed by atoms with Crippen LogP contribution in [0.3, 0.4) is 0 Å². The van der Waals surface area contributed by atoms with Crippen molar-refractivity contribution in [3.8, 4) is 11.8 Å². The van der Waals surface area contributed by atoms with Crippen molar-refractivity contribution in [3.05, 3.63) is 66.3 Å². The van der Waals surface area contributed by atoms with Crippen molar-refractivity contribution in [2.45, 2.75) is 13.0 Å². The van der Waals surface area contributed by atoms with Crippen molar-refractivity contribution in [2.24, 2.45) is 0 Å². The number of ether oxygens (including phenoxy) is 2. The maximum atomic E-state index is 12.2. The van der Waals surface area contributed by atoms with Crippen LogP contribution in [0.5, 0.6) is 5.75 Å². The average Bonchev–Trinajstić information content (AvgIpc) is 2.69. The van der Waals surface area contributed by atoms with Gasteiger partial charge in [-0.05, 0) is 80.9 Å². The summed E-state index contributed by atoms with van der Waals surface area (Å²) in [4.78, 5) is 12.2. The molecule has 0 aliphatic rings. The highest BCUT2D eigenvalue weighted by Gasteiger charge is 2.12. The summed E-state index contributed by atoms with van der Waals surface area (Å²) in [6, 6.07) is 15.7. The van der Waals surface area contributed by atoms with E-state index in [0.717, 1.165) is 24.0 Å². The number of nitrogens with one attached hydrogen (secondary N) is 1. The Balaban J connectivity index is 2.10. The van der Waals surface area contributed by atoms with Gasteiger partial charge in [-0.15, -0.1) is 0 Å². The van der Waals surface area contributed by atoms with Gasteiger partial charge in [-0.25, -0.2) is 0 Å². The molecule has 0 radical (unpaired) electrons. The summed E-state index contributed by atoms with van der Waals surface area (Å²) in [6.45, 7) is 1.51. The molecule has 0 aromatic heterocycles. The van der Waals surface area contributed by atoms with Crippen LogP contribution >= 0.6 is 45.2 Å². The quantitative estimate of drug-likeness (QED) is 0.198. The molecule has 0 saturated heterocycles. The smallest absolute Gasteiger partial charge is 0.261 e. The molecule has 1 amide bonds. The molecule has 0 spiro atoms. The monoisotopic (exact) mass is 602 g/mol. The van der Waals surface area contributed by atoms with E-state index in [9.17, 15) is 10.1 Å². The Morgan fingerprint density at radius 1 is 1.21 bits per heavy atom. The van der Waals surface area contributed by atoms with Gasteiger partial charge in [0, 0.05) is 20.3 Å². The lowest BCUT2D eigenvalue weighted by molar-refractivity contribution is -0.117. The van der Waals surface area contributed by atoms with Gasteiger partial charge in [0.15, 0.2) is 0 Å². The van der Waals surface area contributed by atoms with Crippen LogP contribution in [-0.2, 0) is 16.1 Å². The lowest BCUT2D eigenvalue weighted by Gasteiger charge is -2.12. The average molecular weight is 602 g/mol. The lowest BCUT2D eigenvalue weighted by atomic mass is 10.1. The fourth-order valence-corrected chi connectivity index (χ4v) is 4.49. The van der Waals surface area contributed by atoms with Crippen LogP contribution in [0.4, 0.5) is 0 Å². The minimum Gasteiger partial charge on any atom is -0.487 e. The molecular formula is C21H20I2N2O3. The number of nitriles is 1. The van der Waals surface area contributed by atoms with Gasteiger partial charge in [0.2, 0.25) is 0 Å². The first-order valence-electron chi connectivity index (χ1n) is 8.60. The fraction of sp³-hybridized carbons (Fsp3) is 0.238. The topological polar surface area (TPSA) is 71.3 Å². The number of hydrogen-bond acceptors (Lipinski definition) is 4. The van der Waals surface area contributed by atoms with E-state index in [-0.39, 0.29) is 11.5 Å². The lowest BCUT2D eigenvalue weighted by Crippen LogP contribution is -2.26. The molecule has 0 unspecified atom stereocenters. The predicted octanol–water partition coefficient (Wildman–Crippen LogP) is 4.53. The minimum absolute atomic E-state index is 0.0713. The Hall–Kier alpha value is -1.64. The second-order valence-corrected chi connectivity index (χ2v) is 8.18. The molecule has 2 aromatic carbocycles. The van der Waals surface area contributed by atoms with Crippen molar-refractivity contribution in [1.82, 2.24) is 5.32 Å². The number of halogens is 2. The van der Waals surface area contributed by atoms with Crippen molar-refractivity contribution < 1.29 is 14.3 Å². The van der Waals surface area contributed by atoms with E-state index in [1.165, 1.54) is 0 Å². The number of amides is 1. The van der Waals surface area contributed by atoms with Gasteiger partial charge in [0.25, 0.3) is 5.91 Å². The molecule has 0 heterocycles. The first-order chi connectivity index (χ1) is 13.5. The number of carbonyl (C=O) groups excluding carboxylic acids is 1. The molecule has 1 N–H and O–H groups in total. The van der Waals surface area contributed by atoms with Gasteiger partial charge in [-0.2, -0.15) is 5.26 Å². The van der Waals surface area contributed by atoms with Crippen LogP contribution in [0.25, 0.3) is 6.08 Å². The Morgan fingerprint density at radius 3 is 2.50 bits per heavy atom. The fourth-order valence-electron chi connectivity index (χ4n) is 2.36. The Labute approximate surface area is 192 Å². The molecule has 0 fully saturated rings. The molecule has 2 aromatic rings. The summed E-state index contributed by atoms with van der Waals surface area (Å²) in [6.07, 6.45) is 2.29. The van der Waals surface area contributed by atoms with Crippen LogP contribution < -0.4 is 10.1 Å². The number of benzene rings is 2. The number of methoxy groups -OCH3 is 1. The molecule has 0 aliphatic carbocycles. The second kappa shape index (κ2) is 12.0. The predicted molar refractivity (Wildman–Crippen MR) is 126 cm³/mol. The van der Waals surface area contributed by atoms with Crippen LogP contribution in [0.15, 0.2) is 48.0 Å². The highest BCUT2D eigenvalue weighted by Crippen LogP contribution is 2.30. The summed E-state index contributed by atoms with van der Waals surface area (Å²) in [5.41, 5.74) is 1.95. The zero-order valence-corrected chi connectivity index (χ0v) is 19.7. The van der Waals surface area contributed by atoms with Gasteiger partial charge in [0.05, 0.1) is 7.14 Å². The maximum absolute atomic E-state index is 12.2. The number of hydrogen-bond donors (Lipinski definition) is 1. The van der Waals surface area contributed by atoms with Gasteiger partial charge in [-0.1, -0.05) is 30.3 Å². The van der Waals surface area contributed by atoms with Crippen LogP contribution in [0.2, 0.25) is 0 Å². The molecule has 5 nitrogen and oxygen atoms in total. The highest BCUT2D eigenvalue weighted by molar-refractivity contribution is 14.1. The largest absolute Gasteiger partial charge is 0.487 e. The van der Waals surface area contributed by atoms with E-state index < -0.39 is 0 Å². The van der Waals surface area contributed by atoms with E-state index in [0.29, 0.717) is 26.2 Å². The number of carbonyl (C=O) groups is 1. The van der Waals surface area contributed by atoms with E-state index in [4.69, 9.17) is 9.47 Å². The van der Waals surface area contributed by atoms with E-state index in [1.54, 1.807) is 13.2 Å². The molecule has 7 heteroatoms. The summed E-state index contributed by atoms with van der Waals surface area (Å²) in [5.74, 6) is 0.415. The Morgan fingerprint density at radius 2 is 1.89 bits per heavy atom. The Bertz CT molecular complexity index is 854. The highest BCUT2D eigenvalue weighted by atomic mass is 127. The second-order valence-electron chi connectivity index (χ2n) is 5.86. The first-order valence-corrected chi connectivity index (χ1v) is 10.8. The van der Waals surface area contributed by atoms with E-state index in [1.807, 2.05) is 48.5 Å². The third-order valence-corrected chi connectivity index (χ3v) is 5.34. The van der Waals surface area contributed by atoms with Gasteiger partial charge < -0.3 is 14.8 Å². The summed E-state index contributed by atoms with van der Waals surface area (Å²) >= 11 is 4.41. The normalized spacial score (nSPS) is 11.0. The van der Waals surface area contributed by atoms with Crippen LogP contribution in [0, 0.1) is 18.5 Å². The first kappa shape index (κ1) is 22.6. The standard InChI is InChI=1S/C21H20I2N2O3/c1-27-9-5-8-25-21(26)17(13-24)10-16-11-18(22)20(19(23)12-16)28-14-15-6-3-2-4-7-15/h2-4,6-7,10-12H,5,8-9,14H2,1H3,(H,25,26)/b17-10+. The molecule has 2 rings (SSSR count). The van der Waals surface area contributed by atoms with Crippen molar-refractivity contribution >= 4 is 57.2 Å². The summed E-state index contributed by atoms with van der Waals surface area (Å²) in [5, 5.41) is 12.1. The maximum Gasteiger partial charge on any atom is 0.261 e. The molecule has 0 aliphatic heterocycles. The van der Waals surface area contributed by atoms with Gasteiger partial charge in [-0.3, -0.25) is 4.79 Å². The zero-order chi connectivity index (χ0) is 20.4. The van der Waals surface area contributed by atoms with Gasteiger partial charge >= 0.3 is 0 Å². The number of nitrogens with zero attached hydrogens (tertiary/aromatic N) is 1. The zero-order valence-electron chi connectivity index (χ0n) is 15.4. The number of rotatable bonds is 9. The van der Waals surface area contributed by atoms with Crippen molar-refractivity contribution in [3.63, 3.8) is 0 Å². The van der Waals surface area contributed by atoms with Crippen LogP contribution in [0.1, 0.15) is 17.5 Å². The molecule has 28 heavy (non-hydrogen) atoms. The van der Waals surface area contributed by atoms with Crippen LogP contribution in [-0.4, -0.2) is 26.2 Å². The van der Waals surface area contributed by atoms with Gasteiger partial charge in [0.1, 0.15) is 24.0 Å². The van der Waals surface area contributed by atoms with E-state index >= 15 is 0 Å². The summed E-state index contributed by atoms with van der Waals surface area (Å²) < 4.78 is 12.8. The Kier molecular flexibility index (Phi) is 9.73.